The van der Waals surface area contributed by atoms with Crippen molar-refractivity contribution < 1.29 is 18.0 Å². The van der Waals surface area contributed by atoms with Crippen LogP contribution in [0.25, 0.3) is 0 Å². The maximum atomic E-state index is 14.5. The first-order valence-electron chi connectivity index (χ1n) is 13.0. The fourth-order valence-corrected chi connectivity index (χ4v) is 7.50. The lowest BCUT2D eigenvalue weighted by molar-refractivity contribution is -0.126. The normalized spacial score (nSPS) is 18.5. The average Bonchev–Trinajstić information content (AvgIpc) is 2.91. The van der Waals surface area contributed by atoms with Crippen LogP contribution in [0, 0.1) is 5.92 Å². The maximum Gasteiger partial charge on any atom is 0.249 e. The van der Waals surface area contributed by atoms with Crippen LogP contribution in [-0.4, -0.2) is 30.6 Å². The van der Waals surface area contributed by atoms with E-state index < -0.39 is 40.0 Å². The molecule has 1 aliphatic heterocycles. The van der Waals surface area contributed by atoms with Gasteiger partial charge in [-0.2, -0.15) is 4.31 Å². The third kappa shape index (κ3) is 7.21. The van der Waals surface area contributed by atoms with E-state index in [-0.39, 0.29) is 22.8 Å². The zero-order valence-corrected chi connectivity index (χ0v) is 26.3. The lowest BCUT2D eigenvalue weighted by atomic mass is 9.88. The molecule has 2 amide bonds. The highest BCUT2D eigenvalue weighted by molar-refractivity contribution is 9.10. The Kier molecular flexibility index (Phi) is 9.97. The third-order valence-electron chi connectivity index (χ3n) is 6.82. The standard InChI is InChI=1S/C30H30BrCl2N3O4S/c1-18(2)15-26(29(34)37)35-30(38)25-13-14-27(19-5-3-7-21(31)16-19)36(28(25)20-6-4-8-23(33)17-20)41(39,40)24-11-9-22(32)10-12-24/h3-13,16-18,26-28H,14-15H2,1-2H3,(H2,34,37)(H,35,38)/t26-,27-,28-/m0/s1. The minimum Gasteiger partial charge on any atom is -0.368 e. The van der Waals surface area contributed by atoms with Gasteiger partial charge >= 0.3 is 0 Å². The Balaban J connectivity index is 1.93. The van der Waals surface area contributed by atoms with Gasteiger partial charge in [-0.25, -0.2) is 8.42 Å². The topological polar surface area (TPSA) is 110 Å². The molecule has 41 heavy (non-hydrogen) atoms. The zero-order valence-electron chi connectivity index (χ0n) is 22.4. The second kappa shape index (κ2) is 13.1. The second-order valence-electron chi connectivity index (χ2n) is 10.3. The Labute approximate surface area is 258 Å². The smallest absolute Gasteiger partial charge is 0.249 e. The van der Waals surface area contributed by atoms with Crippen molar-refractivity contribution in [3.8, 4) is 0 Å². The van der Waals surface area contributed by atoms with Gasteiger partial charge in [-0.1, -0.05) is 83.3 Å². The summed E-state index contributed by atoms with van der Waals surface area (Å²) in [7, 11) is -4.23. The van der Waals surface area contributed by atoms with E-state index in [1.54, 1.807) is 30.3 Å². The van der Waals surface area contributed by atoms with E-state index in [1.165, 1.54) is 28.6 Å². The molecule has 0 saturated heterocycles. The number of carbonyl (C=O) groups excluding carboxylic acids is 2. The van der Waals surface area contributed by atoms with Crippen molar-refractivity contribution in [3.05, 3.63) is 110 Å². The van der Waals surface area contributed by atoms with Crippen LogP contribution in [0.3, 0.4) is 0 Å². The average molecular weight is 679 g/mol. The molecule has 3 N–H and O–H groups in total. The van der Waals surface area contributed by atoms with Crippen molar-refractivity contribution in [2.75, 3.05) is 0 Å². The van der Waals surface area contributed by atoms with Gasteiger partial charge in [0, 0.05) is 20.1 Å². The minimum absolute atomic E-state index is 0.0189. The first-order valence-corrected chi connectivity index (χ1v) is 16.0. The fourth-order valence-electron chi connectivity index (χ4n) is 4.98. The molecule has 0 aromatic heterocycles. The highest BCUT2D eigenvalue weighted by atomic mass is 79.9. The fraction of sp³-hybridized carbons (Fsp3) is 0.267. The highest BCUT2D eigenvalue weighted by Gasteiger charge is 2.45. The molecule has 11 heteroatoms. The summed E-state index contributed by atoms with van der Waals surface area (Å²) in [4.78, 5) is 26.1. The Morgan fingerprint density at radius 1 is 1.00 bits per heavy atom. The van der Waals surface area contributed by atoms with Crippen LogP contribution in [0.15, 0.2) is 93.8 Å². The second-order valence-corrected chi connectivity index (χ2v) is 13.9. The lowest BCUT2D eigenvalue weighted by Crippen LogP contribution is -2.49. The molecule has 1 heterocycles. The van der Waals surface area contributed by atoms with Crippen molar-refractivity contribution in [2.24, 2.45) is 11.7 Å². The van der Waals surface area contributed by atoms with E-state index in [2.05, 4.69) is 21.2 Å². The van der Waals surface area contributed by atoms with Crippen LogP contribution in [0.5, 0.6) is 0 Å². The number of sulfonamides is 1. The Hall–Kier alpha value is -2.69. The Morgan fingerprint density at radius 2 is 1.66 bits per heavy atom. The predicted molar refractivity (Wildman–Crippen MR) is 165 cm³/mol. The molecule has 7 nitrogen and oxygen atoms in total. The summed E-state index contributed by atoms with van der Waals surface area (Å²) in [5.41, 5.74) is 7.01. The SMILES string of the molecule is CC(C)C[C@H](NC(=O)C1=CC[C@@H](c2cccc(Br)c2)N(S(=O)(=O)c2ccc(Cl)cc2)[C@H]1c1cccc(Cl)c1)C(N)=O. The van der Waals surface area contributed by atoms with E-state index in [0.717, 1.165) is 10.0 Å². The van der Waals surface area contributed by atoms with Crippen LogP contribution in [0.1, 0.15) is 49.9 Å². The molecular formula is C30H30BrCl2N3O4S. The van der Waals surface area contributed by atoms with Crippen molar-refractivity contribution in [1.82, 2.24) is 9.62 Å². The first-order chi connectivity index (χ1) is 19.4. The van der Waals surface area contributed by atoms with E-state index in [0.29, 0.717) is 22.0 Å². The Bertz CT molecular complexity index is 1580. The van der Waals surface area contributed by atoms with Crippen molar-refractivity contribution >= 4 is 61.0 Å². The van der Waals surface area contributed by atoms with Crippen LogP contribution in [0.2, 0.25) is 10.0 Å². The molecule has 216 valence electrons. The number of hydrogen-bond acceptors (Lipinski definition) is 4. The number of primary amides is 1. The summed E-state index contributed by atoms with van der Waals surface area (Å²) in [6.45, 7) is 3.83. The van der Waals surface area contributed by atoms with E-state index in [9.17, 15) is 18.0 Å². The monoisotopic (exact) mass is 677 g/mol. The number of benzene rings is 3. The van der Waals surface area contributed by atoms with Gasteiger partial charge in [-0.15, -0.1) is 0 Å². The number of rotatable bonds is 9. The predicted octanol–water partition coefficient (Wildman–Crippen LogP) is 6.58. The van der Waals surface area contributed by atoms with Gasteiger partial charge in [0.1, 0.15) is 6.04 Å². The van der Waals surface area contributed by atoms with Crippen molar-refractivity contribution in [3.63, 3.8) is 0 Å². The van der Waals surface area contributed by atoms with Crippen LogP contribution >= 0.6 is 39.1 Å². The van der Waals surface area contributed by atoms with Gasteiger partial charge in [0.2, 0.25) is 21.8 Å². The molecule has 0 unspecified atom stereocenters. The van der Waals surface area contributed by atoms with E-state index in [1.807, 2.05) is 38.1 Å². The summed E-state index contributed by atoms with van der Waals surface area (Å²) in [6.07, 6.45) is 2.27. The largest absolute Gasteiger partial charge is 0.368 e. The number of carbonyl (C=O) groups is 2. The molecule has 0 fully saturated rings. The molecule has 3 aromatic rings. The zero-order chi connectivity index (χ0) is 29.9. The van der Waals surface area contributed by atoms with Gasteiger partial charge in [-0.05, 0) is 78.4 Å². The van der Waals surface area contributed by atoms with Gasteiger partial charge in [-0.3, -0.25) is 9.59 Å². The van der Waals surface area contributed by atoms with Gasteiger partial charge in [0.25, 0.3) is 0 Å². The van der Waals surface area contributed by atoms with Crippen molar-refractivity contribution in [1.29, 1.82) is 0 Å². The molecule has 0 radical (unpaired) electrons. The molecule has 1 aliphatic rings. The number of nitrogens with one attached hydrogen (secondary N) is 1. The number of amides is 2. The first kappa shape index (κ1) is 31.3. The van der Waals surface area contributed by atoms with Gasteiger partial charge < -0.3 is 11.1 Å². The number of hydrogen-bond donors (Lipinski definition) is 2. The summed E-state index contributed by atoms with van der Waals surface area (Å²) in [5.74, 6) is -1.16. The summed E-state index contributed by atoms with van der Waals surface area (Å²) < 4.78 is 31.1. The molecular weight excluding hydrogens is 649 g/mol. The molecule has 0 saturated carbocycles. The van der Waals surface area contributed by atoms with Gasteiger partial charge in [0.15, 0.2) is 0 Å². The molecule has 0 spiro atoms. The third-order valence-corrected chi connectivity index (χ3v) is 9.69. The lowest BCUT2D eigenvalue weighted by Gasteiger charge is -2.41. The molecule has 0 bridgehead atoms. The summed E-state index contributed by atoms with van der Waals surface area (Å²) in [6, 6.07) is 17.4. The van der Waals surface area contributed by atoms with Crippen LogP contribution < -0.4 is 11.1 Å². The van der Waals surface area contributed by atoms with Crippen LogP contribution in [-0.2, 0) is 19.6 Å². The molecule has 0 aliphatic carbocycles. The Morgan fingerprint density at radius 3 is 2.27 bits per heavy atom. The summed E-state index contributed by atoms with van der Waals surface area (Å²) in [5, 5.41) is 3.52. The highest BCUT2D eigenvalue weighted by Crippen LogP contribution is 2.46. The minimum atomic E-state index is -4.23. The molecule has 3 atom stereocenters. The molecule has 4 rings (SSSR count). The number of halogens is 3. The van der Waals surface area contributed by atoms with Crippen molar-refractivity contribution in [2.45, 2.75) is 49.7 Å². The number of nitrogens with zero attached hydrogens (tertiary/aromatic N) is 1. The van der Waals surface area contributed by atoms with Crippen LogP contribution in [0.4, 0.5) is 0 Å². The molecule has 3 aromatic carbocycles. The van der Waals surface area contributed by atoms with E-state index in [4.69, 9.17) is 28.9 Å². The van der Waals surface area contributed by atoms with E-state index >= 15 is 0 Å². The number of nitrogens with two attached hydrogens (primary N) is 1. The summed E-state index contributed by atoms with van der Waals surface area (Å²) >= 11 is 15.9. The van der Waals surface area contributed by atoms with Gasteiger partial charge in [0.05, 0.1) is 17.0 Å². The maximum absolute atomic E-state index is 14.5. The quantitative estimate of drug-likeness (QED) is 0.267.